The van der Waals surface area contributed by atoms with Gasteiger partial charge in [-0.25, -0.2) is 0 Å². The maximum Gasteiger partial charge on any atom is 0.387 e. The van der Waals surface area contributed by atoms with Crippen LogP contribution >= 0.6 is 12.4 Å². The number of carbonyl (C=O) groups is 1. The Hall–Kier alpha value is -1.40. The number of hydrogen-bond acceptors (Lipinski definition) is 3. The van der Waals surface area contributed by atoms with E-state index in [1.54, 1.807) is 24.1 Å². The summed E-state index contributed by atoms with van der Waals surface area (Å²) in [5.41, 5.74) is 6.80. The van der Waals surface area contributed by atoms with Gasteiger partial charge in [-0.2, -0.15) is 8.78 Å². The summed E-state index contributed by atoms with van der Waals surface area (Å²) in [4.78, 5) is 14.1. The molecule has 4 nitrogen and oxygen atoms in total. The van der Waals surface area contributed by atoms with Crippen molar-refractivity contribution in [2.24, 2.45) is 11.7 Å². The third kappa shape index (κ3) is 5.95. The van der Waals surface area contributed by atoms with Crippen molar-refractivity contribution in [2.45, 2.75) is 44.9 Å². The first kappa shape index (κ1) is 19.6. The fraction of sp³-hybridized carbons (Fsp3) is 0.562. The Morgan fingerprint density at radius 3 is 2.57 bits per heavy atom. The summed E-state index contributed by atoms with van der Waals surface area (Å²) in [6, 6.07) is 6.45. The van der Waals surface area contributed by atoms with Crippen LogP contribution in [0.25, 0.3) is 0 Å². The van der Waals surface area contributed by atoms with Crippen LogP contribution in [0.3, 0.4) is 0 Å². The summed E-state index contributed by atoms with van der Waals surface area (Å²) in [7, 11) is 1.76. The van der Waals surface area contributed by atoms with Crippen LogP contribution in [-0.2, 0) is 11.3 Å². The molecule has 1 aromatic rings. The lowest BCUT2D eigenvalue weighted by molar-refractivity contribution is -0.135. The lowest BCUT2D eigenvalue weighted by atomic mass is 9.85. The molecule has 0 saturated heterocycles. The molecule has 0 aromatic heterocycles. The number of amides is 1. The molecule has 2 atom stereocenters. The summed E-state index contributed by atoms with van der Waals surface area (Å²) < 4.78 is 28.5. The molecule has 0 spiro atoms. The molecule has 2 rings (SSSR count). The molecule has 23 heavy (non-hydrogen) atoms. The molecular formula is C16H23ClF2N2O2. The number of hydrogen-bond donors (Lipinski definition) is 1. The van der Waals surface area contributed by atoms with E-state index in [2.05, 4.69) is 4.74 Å². The van der Waals surface area contributed by atoms with Crippen molar-refractivity contribution in [3.63, 3.8) is 0 Å². The van der Waals surface area contributed by atoms with Crippen LogP contribution < -0.4 is 10.5 Å². The van der Waals surface area contributed by atoms with Gasteiger partial charge >= 0.3 is 6.61 Å². The first-order valence-corrected chi connectivity index (χ1v) is 7.50. The van der Waals surface area contributed by atoms with Gasteiger partial charge in [0, 0.05) is 25.6 Å². The van der Waals surface area contributed by atoms with Gasteiger partial charge in [0.2, 0.25) is 5.91 Å². The van der Waals surface area contributed by atoms with Gasteiger partial charge in [0.05, 0.1) is 0 Å². The molecule has 1 aliphatic carbocycles. The zero-order valence-corrected chi connectivity index (χ0v) is 13.9. The normalized spacial score (nSPS) is 20.7. The standard InChI is InChI=1S/C16H22F2N2O2.ClH/c1-20(15(21)12-3-2-4-13(19)9-12)10-11-5-7-14(8-6-11)22-16(17)18;/h5-8,12-13,16H,2-4,9-10,19H2,1H3;1H. The average molecular weight is 349 g/mol. The molecule has 1 amide bonds. The predicted octanol–water partition coefficient (Wildman–Crippen LogP) is 3.19. The Morgan fingerprint density at radius 1 is 1.35 bits per heavy atom. The Balaban J connectivity index is 0.00000264. The molecule has 1 fully saturated rings. The third-order valence-electron chi connectivity index (χ3n) is 4.01. The summed E-state index contributed by atoms with van der Waals surface area (Å²) in [6.45, 7) is -2.38. The first-order valence-electron chi connectivity index (χ1n) is 7.50. The van der Waals surface area contributed by atoms with E-state index in [4.69, 9.17) is 5.73 Å². The zero-order chi connectivity index (χ0) is 16.1. The minimum atomic E-state index is -2.83. The highest BCUT2D eigenvalue weighted by atomic mass is 35.5. The van der Waals surface area contributed by atoms with E-state index in [1.165, 1.54) is 12.1 Å². The quantitative estimate of drug-likeness (QED) is 0.889. The molecule has 0 bridgehead atoms. The van der Waals surface area contributed by atoms with Gasteiger partial charge in [0.25, 0.3) is 0 Å². The SMILES string of the molecule is CN(Cc1ccc(OC(F)F)cc1)C(=O)C1CCCC(N)C1.Cl. The van der Waals surface area contributed by atoms with Crippen LogP contribution in [0.2, 0.25) is 0 Å². The number of nitrogens with two attached hydrogens (primary N) is 1. The largest absolute Gasteiger partial charge is 0.435 e. The molecule has 130 valence electrons. The second-order valence-corrected chi connectivity index (χ2v) is 5.84. The van der Waals surface area contributed by atoms with E-state index >= 15 is 0 Å². The van der Waals surface area contributed by atoms with Crippen LogP contribution in [0, 0.1) is 5.92 Å². The molecule has 0 aliphatic heterocycles. The average Bonchev–Trinajstić information content (AvgIpc) is 2.48. The number of benzene rings is 1. The van der Waals surface area contributed by atoms with Gasteiger partial charge < -0.3 is 15.4 Å². The minimum absolute atomic E-state index is 0. The molecule has 0 heterocycles. The van der Waals surface area contributed by atoms with E-state index in [0.717, 1.165) is 31.2 Å². The minimum Gasteiger partial charge on any atom is -0.435 e. The molecule has 1 aromatic carbocycles. The van der Waals surface area contributed by atoms with Gasteiger partial charge in [-0.3, -0.25) is 4.79 Å². The highest BCUT2D eigenvalue weighted by molar-refractivity contribution is 5.85. The molecule has 1 saturated carbocycles. The summed E-state index contributed by atoms with van der Waals surface area (Å²) >= 11 is 0. The summed E-state index contributed by atoms with van der Waals surface area (Å²) in [5.74, 6) is 0.212. The third-order valence-corrected chi connectivity index (χ3v) is 4.01. The molecule has 1 aliphatic rings. The van der Waals surface area contributed by atoms with Crippen LogP contribution in [0.5, 0.6) is 5.75 Å². The second kappa shape index (κ2) is 9.03. The van der Waals surface area contributed by atoms with Crippen LogP contribution in [0.15, 0.2) is 24.3 Å². The number of rotatable bonds is 5. The van der Waals surface area contributed by atoms with Gasteiger partial charge in [0.15, 0.2) is 0 Å². The van der Waals surface area contributed by atoms with E-state index in [9.17, 15) is 13.6 Å². The summed E-state index contributed by atoms with van der Waals surface area (Å²) in [5, 5.41) is 0. The van der Waals surface area contributed by atoms with Gasteiger partial charge in [0.1, 0.15) is 5.75 Å². The maximum atomic E-state index is 12.4. The molecule has 2 N–H and O–H groups in total. The highest BCUT2D eigenvalue weighted by Crippen LogP contribution is 2.25. The number of ether oxygens (including phenoxy) is 1. The Morgan fingerprint density at radius 2 is 2.00 bits per heavy atom. The lowest BCUT2D eigenvalue weighted by Crippen LogP contribution is -2.38. The second-order valence-electron chi connectivity index (χ2n) is 5.84. The Bertz CT molecular complexity index is 499. The maximum absolute atomic E-state index is 12.4. The number of carbonyl (C=O) groups excluding carboxylic acids is 1. The molecule has 2 unspecified atom stereocenters. The smallest absolute Gasteiger partial charge is 0.387 e. The number of halogens is 3. The van der Waals surface area contributed by atoms with Crippen molar-refractivity contribution in [2.75, 3.05) is 7.05 Å². The number of nitrogens with zero attached hydrogens (tertiary/aromatic N) is 1. The van der Waals surface area contributed by atoms with Gasteiger partial charge in [-0.05, 0) is 37.0 Å². The van der Waals surface area contributed by atoms with Crippen molar-refractivity contribution >= 4 is 18.3 Å². The van der Waals surface area contributed by atoms with Gasteiger partial charge in [-0.15, -0.1) is 12.4 Å². The van der Waals surface area contributed by atoms with Crippen LogP contribution in [-0.4, -0.2) is 30.5 Å². The van der Waals surface area contributed by atoms with E-state index in [-0.39, 0.29) is 36.0 Å². The highest BCUT2D eigenvalue weighted by Gasteiger charge is 2.27. The van der Waals surface area contributed by atoms with Gasteiger partial charge in [-0.1, -0.05) is 18.6 Å². The molecular weight excluding hydrogens is 326 g/mol. The predicted molar refractivity (Wildman–Crippen MR) is 86.7 cm³/mol. The lowest BCUT2D eigenvalue weighted by Gasteiger charge is -2.29. The summed E-state index contributed by atoms with van der Waals surface area (Å²) in [6.07, 6.45) is 3.60. The van der Waals surface area contributed by atoms with E-state index < -0.39 is 6.61 Å². The Labute approximate surface area is 141 Å². The van der Waals surface area contributed by atoms with E-state index in [0.29, 0.717) is 6.54 Å². The zero-order valence-electron chi connectivity index (χ0n) is 13.1. The van der Waals surface area contributed by atoms with Crippen LogP contribution in [0.1, 0.15) is 31.2 Å². The van der Waals surface area contributed by atoms with Crippen molar-refractivity contribution in [3.8, 4) is 5.75 Å². The fourth-order valence-electron chi connectivity index (χ4n) is 2.89. The van der Waals surface area contributed by atoms with E-state index in [1.807, 2.05) is 0 Å². The topological polar surface area (TPSA) is 55.6 Å². The monoisotopic (exact) mass is 348 g/mol. The Kier molecular flexibility index (Phi) is 7.72. The van der Waals surface area contributed by atoms with Crippen molar-refractivity contribution in [1.82, 2.24) is 4.90 Å². The van der Waals surface area contributed by atoms with Crippen molar-refractivity contribution in [1.29, 1.82) is 0 Å². The van der Waals surface area contributed by atoms with Crippen molar-refractivity contribution in [3.05, 3.63) is 29.8 Å². The first-order chi connectivity index (χ1) is 10.5. The fourth-order valence-corrected chi connectivity index (χ4v) is 2.89. The van der Waals surface area contributed by atoms with Crippen molar-refractivity contribution < 1.29 is 18.3 Å². The molecule has 7 heteroatoms. The number of alkyl halides is 2. The molecule has 0 radical (unpaired) electrons. The van der Waals surface area contributed by atoms with Crippen LogP contribution in [0.4, 0.5) is 8.78 Å².